The maximum Gasteiger partial charge on any atom is 0.328 e. The van der Waals surface area contributed by atoms with Gasteiger partial charge in [0.2, 0.25) is 0 Å². The molecule has 0 amide bonds. The highest BCUT2D eigenvalue weighted by molar-refractivity contribution is 7.11. The van der Waals surface area contributed by atoms with Crippen LogP contribution in [0.15, 0.2) is 29.2 Å². The fourth-order valence-corrected chi connectivity index (χ4v) is 1.82. The Balaban J connectivity index is 2.74. The van der Waals surface area contributed by atoms with Gasteiger partial charge in [0.15, 0.2) is 0 Å². The fraction of sp³-hybridized carbons (Fsp3) is 0.182. The summed E-state index contributed by atoms with van der Waals surface area (Å²) < 4.78 is 0. The molecule has 0 unspecified atom stereocenters. The van der Waals surface area contributed by atoms with E-state index >= 15 is 0 Å². The largest absolute Gasteiger partial charge is 0.478 e. The maximum absolute atomic E-state index is 10.3. The summed E-state index contributed by atoms with van der Waals surface area (Å²) in [4.78, 5) is 11.5. The SMILES string of the molecule is CC(=C/C(=O)O)/C=C/c1sccc1C. The predicted octanol–water partition coefficient (Wildman–Crippen LogP) is 3.10. The van der Waals surface area contributed by atoms with Gasteiger partial charge < -0.3 is 5.11 Å². The number of aryl methyl sites for hydroxylation is 1. The van der Waals surface area contributed by atoms with Crippen molar-refractivity contribution in [1.29, 1.82) is 0 Å². The first-order chi connectivity index (χ1) is 6.59. The number of aliphatic carboxylic acids is 1. The molecule has 0 aromatic carbocycles. The number of carboxylic acids is 1. The molecule has 0 saturated heterocycles. The Bertz CT molecular complexity index is 386. The van der Waals surface area contributed by atoms with Gasteiger partial charge in [-0.05, 0) is 42.5 Å². The second-order valence-corrected chi connectivity index (χ2v) is 3.98. The lowest BCUT2D eigenvalue weighted by molar-refractivity contribution is -0.131. The second kappa shape index (κ2) is 4.77. The van der Waals surface area contributed by atoms with E-state index < -0.39 is 5.97 Å². The first kappa shape index (κ1) is 10.7. The number of hydrogen-bond acceptors (Lipinski definition) is 2. The molecule has 2 nitrogen and oxygen atoms in total. The zero-order chi connectivity index (χ0) is 10.6. The molecule has 0 atom stereocenters. The Hall–Kier alpha value is -1.35. The van der Waals surface area contributed by atoms with Crippen molar-refractivity contribution in [3.05, 3.63) is 39.6 Å². The van der Waals surface area contributed by atoms with Crippen LogP contribution in [0.25, 0.3) is 6.08 Å². The summed E-state index contributed by atoms with van der Waals surface area (Å²) in [6.45, 7) is 3.81. The summed E-state index contributed by atoms with van der Waals surface area (Å²) in [6, 6.07) is 2.04. The standard InChI is InChI=1S/C11H12O2S/c1-8(7-11(12)13)3-4-10-9(2)5-6-14-10/h3-7H,1-2H3,(H,12,13)/b4-3+,8-7-. The van der Waals surface area contributed by atoms with Gasteiger partial charge in [0.05, 0.1) is 0 Å². The predicted molar refractivity (Wildman–Crippen MR) is 59.5 cm³/mol. The third kappa shape index (κ3) is 3.18. The minimum atomic E-state index is -0.907. The molecule has 1 aromatic rings. The molecule has 74 valence electrons. The summed E-state index contributed by atoms with van der Waals surface area (Å²) in [5.41, 5.74) is 1.96. The van der Waals surface area contributed by atoms with Crippen LogP contribution in [0.4, 0.5) is 0 Å². The third-order valence-electron chi connectivity index (χ3n) is 1.75. The molecule has 0 spiro atoms. The van der Waals surface area contributed by atoms with Gasteiger partial charge >= 0.3 is 5.97 Å². The number of thiophene rings is 1. The number of hydrogen-bond donors (Lipinski definition) is 1. The highest BCUT2D eigenvalue weighted by atomic mass is 32.1. The average Bonchev–Trinajstić information content (AvgIpc) is 2.46. The summed E-state index contributed by atoms with van der Waals surface area (Å²) in [5, 5.41) is 10.5. The zero-order valence-corrected chi connectivity index (χ0v) is 8.97. The molecule has 0 aliphatic heterocycles. The number of carbonyl (C=O) groups is 1. The van der Waals surface area contributed by atoms with Crippen molar-refractivity contribution >= 4 is 23.4 Å². The lowest BCUT2D eigenvalue weighted by atomic mass is 10.2. The Kier molecular flexibility index (Phi) is 3.65. The van der Waals surface area contributed by atoms with E-state index in [2.05, 4.69) is 0 Å². The molecule has 0 saturated carbocycles. The zero-order valence-electron chi connectivity index (χ0n) is 8.15. The minimum absolute atomic E-state index is 0.741. The van der Waals surface area contributed by atoms with Gasteiger partial charge in [0, 0.05) is 11.0 Å². The highest BCUT2D eigenvalue weighted by Crippen LogP contribution is 2.17. The molecular formula is C11H12O2S. The Morgan fingerprint density at radius 3 is 2.79 bits per heavy atom. The summed E-state index contributed by atoms with van der Waals surface area (Å²) >= 11 is 1.65. The molecule has 1 rings (SSSR count). The summed E-state index contributed by atoms with van der Waals surface area (Å²) in [7, 11) is 0. The molecule has 1 N–H and O–H groups in total. The van der Waals surface area contributed by atoms with E-state index in [1.807, 2.05) is 30.5 Å². The molecule has 1 aromatic heterocycles. The van der Waals surface area contributed by atoms with E-state index in [0.29, 0.717) is 0 Å². The van der Waals surface area contributed by atoms with E-state index in [0.717, 1.165) is 5.57 Å². The van der Waals surface area contributed by atoms with Crippen LogP contribution < -0.4 is 0 Å². The van der Waals surface area contributed by atoms with Crippen LogP contribution in [0.1, 0.15) is 17.4 Å². The summed E-state index contributed by atoms with van der Waals surface area (Å²) in [6.07, 6.45) is 4.95. The van der Waals surface area contributed by atoms with Gasteiger partial charge in [-0.1, -0.05) is 6.08 Å². The first-order valence-corrected chi connectivity index (χ1v) is 5.11. The number of allylic oxidation sites excluding steroid dienone is 2. The van der Waals surface area contributed by atoms with Gasteiger partial charge in [0.1, 0.15) is 0 Å². The summed E-state index contributed by atoms with van der Waals surface area (Å²) in [5.74, 6) is -0.907. The van der Waals surface area contributed by atoms with Crippen molar-refractivity contribution < 1.29 is 9.90 Å². The lowest BCUT2D eigenvalue weighted by Crippen LogP contribution is -1.87. The minimum Gasteiger partial charge on any atom is -0.478 e. The van der Waals surface area contributed by atoms with E-state index in [4.69, 9.17) is 5.11 Å². The van der Waals surface area contributed by atoms with Crippen LogP contribution in [-0.2, 0) is 4.79 Å². The van der Waals surface area contributed by atoms with Crippen molar-refractivity contribution in [3.63, 3.8) is 0 Å². The van der Waals surface area contributed by atoms with Crippen molar-refractivity contribution in [1.82, 2.24) is 0 Å². The van der Waals surface area contributed by atoms with Crippen molar-refractivity contribution in [2.45, 2.75) is 13.8 Å². The monoisotopic (exact) mass is 208 g/mol. The Labute approximate surface area is 87.2 Å². The van der Waals surface area contributed by atoms with Crippen molar-refractivity contribution in [2.24, 2.45) is 0 Å². The van der Waals surface area contributed by atoms with Crippen molar-refractivity contribution in [3.8, 4) is 0 Å². The van der Waals surface area contributed by atoms with Gasteiger partial charge in [0.25, 0.3) is 0 Å². The maximum atomic E-state index is 10.3. The molecule has 1 heterocycles. The first-order valence-electron chi connectivity index (χ1n) is 4.23. The van der Waals surface area contributed by atoms with Crippen LogP contribution in [0.5, 0.6) is 0 Å². The molecule has 0 fully saturated rings. The van der Waals surface area contributed by atoms with Gasteiger partial charge in [-0.3, -0.25) is 0 Å². The van der Waals surface area contributed by atoms with Crippen LogP contribution in [-0.4, -0.2) is 11.1 Å². The average molecular weight is 208 g/mol. The van der Waals surface area contributed by atoms with Crippen LogP contribution >= 0.6 is 11.3 Å². The topological polar surface area (TPSA) is 37.3 Å². The quantitative estimate of drug-likeness (QED) is 0.612. The van der Waals surface area contributed by atoms with E-state index in [1.165, 1.54) is 16.5 Å². The Morgan fingerprint density at radius 2 is 2.29 bits per heavy atom. The third-order valence-corrected chi connectivity index (χ3v) is 2.73. The molecular weight excluding hydrogens is 196 g/mol. The van der Waals surface area contributed by atoms with Crippen LogP contribution in [0.2, 0.25) is 0 Å². The molecule has 0 bridgehead atoms. The number of carboxylic acid groups (broad SMARTS) is 1. The van der Waals surface area contributed by atoms with E-state index in [9.17, 15) is 4.79 Å². The van der Waals surface area contributed by atoms with Crippen LogP contribution in [0, 0.1) is 6.92 Å². The van der Waals surface area contributed by atoms with Gasteiger partial charge in [-0.2, -0.15) is 0 Å². The second-order valence-electron chi connectivity index (χ2n) is 3.03. The van der Waals surface area contributed by atoms with Crippen LogP contribution in [0.3, 0.4) is 0 Å². The molecule has 0 radical (unpaired) electrons. The van der Waals surface area contributed by atoms with E-state index in [-0.39, 0.29) is 0 Å². The molecule has 3 heteroatoms. The van der Waals surface area contributed by atoms with Gasteiger partial charge in [-0.15, -0.1) is 11.3 Å². The Morgan fingerprint density at radius 1 is 1.57 bits per heavy atom. The number of rotatable bonds is 3. The normalized spacial score (nSPS) is 12.3. The molecule has 0 aliphatic carbocycles. The fourth-order valence-electron chi connectivity index (χ4n) is 1.01. The lowest BCUT2D eigenvalue weighted by Gasteiger charge is -1.90. The highest BCUT2D eigenvalue weighted by Gasteiger charge is 1.94. The smallest absolute Gasteiger partial charge is 0.328 e. The van der Waals surface area contributed by atoms with E-state index in [1.54, 1.807) is 18.3 Å². The van der Waals surface area contributed by atoms with Crippen molar-refractivity contribution in [2.75, 3.05) is 0 Å². The van der Waals surface area contributed by atoms with Gasteiger partial charge in [-0.25, -0.2) is 4.79 Å². The molecule has 0 aliphatic rings. The molecule has 14 heavy (non-hydrogen) atoms.